The van der Waals surface area contributed by atoms with E-state index in [1.54, 1.807) is 5.54 Å². The maximum atomic E-state index is 8.54. The number of benzene rings is 1. The van der Waals surface area contributed by atoms with Crippen LogP contribution in [-0.2, 0) is 0 Å². The minimum atomic E-state index is 0.406. The first-order valence-electron chi connectivity index (χ1n) is 4.51. The molecule has 5 heteroatoms. The standard InChI is InChI=1S/C11H7ClN2S2/c12-7-10-8-3-1-2-4-9(8)14-11(16-10)15-6-5-13/h1-4,7H,6H2/b10-7-. The third kappa shape index (κ3) is 2.43. The summed E-state index contributed by atoms with van der Waals surface area (Å²) in [5.41, 5.74) is 3.52. The minimum Gasteiger partial charge on any atom is -0.234 e. The zero-order chi connectivity index (χ0) is 11.4. The number of fused-ring (bicyclic) bond motifs is 1. The Balaban J connectivity index is 2.36. The van der Waals surface area contributed by atoms with Crippen LogP contribution in [0, 0.1) is 11.3 Å². The van der Waals surface area contributed by atoms with Gasteiger partial charge in [-0.05, 0) is 6.07 Å². The van der Waals surface area contributed by atoms with Gasteiger partial charge >= 0.3 is 0 Å². The Morgan fingerprint density at radius 3 is 3.06 bits per heavy atom. The van der Waals surface area contributed by atoms with Gasteiger partial charge in [-0.2, -0.15) is 5.26 Å². The third-order valence-corrected chi connectivity index (χ3v) is 4.32. The van der Waals surface area contributed by atoms with E-state index in [0.717, 1.165) is 20.5 Å². The molecular weight excluding hydrogens is 260 g/mol. The molecule has 1 aliphatic heterocycles. The van der Waals surface area contributed by atoms with Gasteiger partial charge < -0.3 is 0 Å². The van der Waals surface area contributed by atoms with Crippen molar-refractivity contribution in [1.82, 2.24) is 0 Å². The zero-order valence-electron chi connectivity index (χ0n) is 8.18. The molecule has 0 spiro atoms. The van der Waals surface area contributed by atoms with Gasteiger partial charge in [-0.3, -0.25) is 0 Å². The summed E-state index contributed by atoms with van der Waals surface area (Å²) in [6.07, 6.45) is 0. The number of nitrogens with zero attached hydrogens (tertiary/aromatic N) is 2. The van der Waals surface area contributed by atoms with Crippen molar-refractivity contribution < 1.29 is 0 Å². The molecule has 1 aromatic rings. The predicted octanol–water partition coefficient (Wildman–Crippen LogP) is 4.21. The molecule has 1 aliphatic rings. The van der Waals surface area contributed by atoms with Gasteiger partial charge in [0.1, 0.15) is 4.38 Å². The SMILES string of the molecule is N#CCSC1=Nc2ccccc2/C(=C/Cl)S1. The van der Waals surface area contributed by atoms with Gasteiger partial charge in [0.05, 0.1) is 17.5 Å². The van der Waals surface area contributed by atoms with Crippen LogP contribution in [0.1, 0.15) is 5.56 Å². The highest BCUT2D eigenvalue weighted by Gasteiger charge is 2.17. The summed E-state index contributed by atoms with van der Waals surface area (Å²) in [6, 6.07) is 9.93. The number of aliphatic imine (C=N–C) groups is 1. The van der Waals surface area contributed by atoms with E-state index in [0.29, 0.717) is 5.75 Å². The molecule has 0 N–H and O–H groups in total. The van der Waals surface area contributed by atoms with Crippen molar-refractivity contribution in [2.24, 2.45) is 4.99 Å². The molecule has 2 rings (SSSR count). The molecule has 0 saturated heterocycles. The summed E-state index contributed by atoms with van der Waals surface area (Å²) in [6.45, 7) is 0. The maximum Gasteiger partial charge on any atom is 0.136 e. The minimum absolute atomic E-state index is 0.406. The molecular formula is C11H7ClN2S2. The lowest BCUT2D eigenvalue weighted by Crippen LogP contribution is -1.95. The molecule has 2 nitrogen and oxygen atoms in total. The van der Waals surface area contributed by atoms with Crippen LogP contribution in [0.2, 0.25) is 0 Å². The number of nitriles is 1. The number of para-hydroxylation sites is 1. The lowest BCUT2D eigenvalue weighted by molar-refractivity contribution is 1.49. The summed E-state index contributed by atoms with van der Waals surface area (Å²) in [5.74, 6) is 0.406. The van der Waals surface area contributed by atoms with E-state index in [2.05, 4.69) is 11.1 Å². The smallest absolute Gasteiger partial charge is 0.136 e. The molecule has 0 amide bonds. The molecule has 1 aromatic carbocycles. The molecule has 0 fully saturated rings. The monoisotopic (exact) mass is 266 g/mol. The van der Waals surface area contributed by atoms with E-state index < -0.39 is 0 Å². The van der Waals surface area contributed by atoms with Crippen molar-refractivity contribution in [1.29, 1.82) is 5.26 Å². The Labute approximate surface area is 107 Å². The van der Waals surface area contributed by atoms with E-state index in [1.165, 1.54) is 23.5 Å². The lowest BCUT2D eigenvalue weighted by Gasteiger charge is -2.15. The third-order valence-electron chi connectivity index (χ3n) is 1.94. The summed E-state index contributed by atoms with van der Waals surface area (Å²) in [4.78, 5) is 5.45. The fourth-order valence-electron chi connectivity index (χ4n) is 1.29. The van der Waals surface area contributed by atoms with Crippen molar-refractivity contribution in [3.8, 4) is 6.07 Å². The molecule has 0 unspecified atom stereocenters. The van der Waals surface area contributed by atoms with Crippen LogP contribution in [0.25, 0.3) is 4.91 Å². The van der Waals surface area contributed by atoms with Gasteiger partial charge in [-0.25, -0.2) is 4.99 Å². The van der Waals surface area contributed by atoms with Crippen LogP contribution in [0.4, 0.5) is 5.69 Å². The van der Waals surface area contributed by atoms with Crippen LogP contribution in [0.15, 0.2) is 34.8 Å². The van der Waals surface area contributed by atoms with Crippen LogP contribution in [0.5, 0.6) is 0 Å². The molecule has 0 saturated carbocycles. The van der Waals surface area contributed by atoms with Gasteiger partial charge in [0.25, 0.3) is 0 Å². The van der Waals surface area contributed by atoms with Gasteiger partial charge in [0, 0.05) is 16.0 Å². The summed E-state index contributed by atoms with van der Waals surface area (Å²) < 4.78 is 0.868. The fraction of sp³-hybridized carbons (Fsp3) is 0.0909. The number of hydrogen-bond acceptors (Lipinski definition) is 4. The van der Waals surface area contributed by atoms with Crippen molar-refractivity contribution >= 4 is 50.1 Å². The Kier molecular flexibility index (Phi) is 3.94. The average Bonchev–Trinajstić information content (AvgIpc) is 2.35. The largest absolute Gasteiger partial charge is 0.234 e. The molecule has 16 heavy (non-hydrogen) atoms. The predicted molar refractivity (Wildman–Crippen MR) is 73.0 cm³/mol. The maximum absolute atomic E-state index is 8.54. The molecule has 0 aromatic heterocycles. The van der Waals surface area contributed by atoms with Gasteiger partial charge in [-0.15, -0.1) is 0 Å². The van der Waals surface area contributed by atoms with Crippen LogP contribution < -0.4 is 0 Å². The number of thioether (sulfide) groups is 2. The Morgan fingerprint density at radius 2 is 2.31 bits per heavy atom. The number of halogens is 1. The van der Waals surface area contributed by atoms with E-state index in [4.69, 9.17) is 16.9 Å². The highest BCUT2D eigenvalue weighted by atomic mass is 35.5. The summed E-state index contributed by atoms with van der Waals surface area (Å²) in [5, 5.41) is 8.54. The number of hydrogen-bond donors (Lipinski definition) is 0. The average molecular weight is 267 g/mol. The Morgan fingerprint density at radius 1 is 1.50 bits per heavy atom. The second-order valence-electron chi connectivity index (χ2n) is 2.92. The quantitative estimate of drug-likeness (QED) is 0.764. The molecule has 0 aliphatic carbocycles. The molecule has 0 bridgehead atoms. The first-order valence-corrected chi connectivity index (χ1v) is 6.75. The molecule has 80 valence electrons. The first-order chi connectivity index (χ1) is 7.85. The van der Waals surface area contributed by atoms with Crippen molar-refractivity contribution in [2.45, 2.75) is 0 Å². The fourth-order valence-corrected chi connectivity index (χ4v) is 3.23. The second-order valence-corrected chi connectivity index (χ2v) is 5.39. The van der Waals surface area contributed by atoms with E-state index in [9.17, 15) is 0 Å². The highest BCUT2D eigenvalue weighted by Crippen LogP contribution is 2.43. The first kappa shape index (κ1) is 11.6. The normalized spacial score (nSPS) is 16.5. The topological polar surface area (TPSA) is 36.1 Å². The van der Waals surface area contributed by atoms with Crippen molar-refractivity contribution in [2.75, 3.05) is 5.75 Å². The molecule has 0 radical (unpaired) electrons. The summed E-state index contributed by atoms with van der Waals surface area (Å²) in [7, 11) is 0. The Hall–Kier alpha value is -0.890. The van der Waals surface area contributed by atoms with E-state index >= 15 is 0 Å². The highest BCUT2D eigenvalue weighted by molar-refractivity contribution is 8.42. The van der Waals surface area contributed by atoms with Crippen LogP contribution in [0.3, 0.4) is 0 Å². The second kappa shape index (κ2) is 5.44. The Bertz CT molecular complexity index is 503. The van der Waals surface area contributed by atoms with Crippen molar-refractivity contribution in [3.63, 3.8) is 0 Å². The van der Waals surface area contributed by atoms with Gasteiger partial charge in [-0.1, -0.05) is 53.3 Å². The van der Waals surface area contributed by atoms with Gasteiger partial charge in [0.2, 0.25) is 0 Å². The summed E-state index contributed by atoms with van der Waals surface area (Å²) >= 11 is 8.73. The van der Waals surface area contributed by atoms with Crippen molar-refractivity contribution in [3.05, 3.63) is 35.4 Å². The van der Waals surface area contributed by atoms with E-state index in [1.807, 2.05) is 24.3 Å². The molecule has 1 heterocycles. The van der Waals surface area contributed by atoms with Crippen LogP contribution in [-0.4, -0.2) is 10.1 Å². The molecule has 0 atom stereocenters. The van der Waals surface area contributed by atoms with Gasteiger partial charge in [0.15, 0.2) is 0 Å². The number of rotatable bonds is 1. The zero-order valence-corrected chi connectivity index (χ0v) is 10.6. The van der Waals surface area contributed by atoms with Crippen LogP contribution >= 0.6 is 35.1 Å². The lowest BCUT2D eigenvalue weighted by atomic mass is 10.2. The van der Waals surface area contributed by atoms with E-state index in [-0.39, 0.29) is 0 Å².